The molecule has 6 nitrogen and oxygen atoms in total. The number of rotatable bonds is 9. The molecule has 6 heteroatoms. The van der Waals surface area contributed by atoms with E-state index in [4.69, 9.17) is 10.6 Å². The molecule has 0 aliphatic carbocycles. The maximum Gasteiger partial charge on any atom is 0.248 e. The van der Waals surface area contributed by atoms with E-state index in [1.165, 1.54) is 0 Å². The van der Waals surface area contributed by atoms with Crippen LogP contribution in [0.4, 0.5) is 0 Å². The van der Waals surface area contributed by atoms with Crippen molar-refractivity contribution in [1.29, 1.82) is 0 Å². The van der Waals surface area contributed by atoms with Gasteiger partial charge in [0.2, 0.25) is 11.8 Å². The third-order valence-electron chi connectivity index (χ3n) is 1.86. The maximum atomic E-state index is 11.1. The fourth-order valence-corrected chi connectivity index (χ4v) is 1.02. The average Bonchev–Trinajstić information content (AvgIpc) is 2.25. The van der Waals surface area contributed by atoms with E-state index in [1.807, 2.05) is 0 Å². The molecule has 0 spiro atoms. The van der Waals surface area contributed by atoms with Crippen LogP contribution >= 0.6 is 0 Å². The van der Waals surface area contributed by atoms with Gasteiger partial charge in [0, 0.05) is 19.5 Å². The first-order chi connectivity index (χ1) is 7.70. The lowest BCUT2D eigenvalue weighted by atomic mass is 10.2. The van der Waals surface area contributed by atoms with E-state index in [-0.39, 0.29) is 31.4 Å². The van der Waals surface area contributed by atoms with Gasteiger partial charge in [-0.05, 0) is 6.42 Å². The zero-order valence-corrected chi connectivity index (χ0v) is 9.75. The van der Waals surface area contributed by atoms with Gasteiger partial charge in [0.05, 0.1) is 0 Å². The summed E-state index contributed by atoms with van der Waals surface area (Å²) in [5.74, 6) is -0.551. The van der Waals surface area contributed by atoms with Gasteiger partial charge in [-0.15, -0.1) is 0 Å². The van der Waals surface area contributed by atoms with Crippen LogP contribution in [0.3, 0.4) is 0 Å². The Balaban J connectivity index is 3.33. The molecular formula is C10H21N3O3. The van der Waals surface area contributed by atoms with Crippen molar-refractivity contribution in [2.75, 3.05) is 19.7 Å². The summed E-state index contributed by atoms with van der Waals surface area (Å²) in [6, 6.07) is 0. The third-order valence-corrected chi connectivity index (χ3v) is 1.86. The van der Waals surface area contributed by atoms with Gasteiger partial charge < -0.3 is 11.1 Å². The standard InChI is InChI=1S/C10H21N3O3/c1-2-3-4-7-12-10(15)8-16-13-9(14)5-6-11/h2-8,11H2,1H3,(H,12,15)(H,13,14). The van der Waals surface area contributed by atoms with Crippen LogP contribution in [0.2, 0.25) is 0 Å². The van der Waals surface area contributed by atoms with Crippen LogP contribution in [0.25, 0.3) is 0 Å². The van der Waals surface area contributed by atoms with E-state index in [0.717, 1.165) is 19.3 Å². The fraction of sp³-hybridized carbons (Fsp3) is 0.800. The van der Waals surface area contributed by atoms with Gasteiger partial charge in [0.25, 0.3) is 0 Å². The molecule has 0 aliphatic heterocycles. The summed E-state index contributed by atoms with van der Waals surface area (Å²) in [4.78, 5) is 26.7. The summed E-state index contributed by atoms with van der Waals surface area (Å²) in [6.07, 6.45) is 3.36. The van der Waals surface area contributed by atoms with Crippen LogP contribution in [-0.2, 0) is 14.4 Å². The molecule has 94 valence electrons. The first-order valence-corrected chi connectivity index (χ1v) is 5.58. The largest absolute Gasteiger partial charge is 0.354 e. The van der Waals surface area contributed by atoms with Gasteiger partial charge in [-0.2, -0.15) is 0 Å². The quantitative estimate of drug-likeness (QED) is 0.375. The number of amides is 2. The van der Waals surface area contributed by atoms with Crippen LogP contribution in [0.1, 0.15) is 32.6 Å². The molecule has 0 aliphatic rings. The Morgan fingerprint density at radius 2 is 2.00 bits per heavy atom. The van der Waals surface area contributed by atoms with E-state index < -0.39 is 0 Å². The number of hydrogen-bond donors (Lipinski definition) is 3. The highest BCUT2D eigenvalue weighted by molar-refractivity contribution is 5.78. The van der Waals surface area contributed by atoms with Crippen molar-refractivity contribution in [3.8, 4) is 0 Å². The Kier molecular flexibility index (Phi) is 9.64. The van der Waals surface area contributed by atoms with Gasteiger partial charge in [0.15, 0.2) is 6.61 Å². The number of unbranched alkanes of at least 4 members (excludes halogenated alkanes) is 2. The lowest BCUT2D eigenvalue weighted by Crippen LogP contribution is -2.33. The Labute approximate surface area is 95.9 Å². The van der Waals surface area contributed by atoms with Crippen LogP contribution in [0.5, 0.6) is 0 Å². The van der Waals surface area contributed by atoms with Crippen molar-refractivity contribution < 1.29 is 14.4 Å². The SMILES string of the molecule is CCCCCNC(=O)CONC(=O)CCN. The predicted molar refractivity (Wildman–Crippen MR) is 60.3 cm³/mol. The van der Waals surface area contributed by atoms with Crippen molar-refractivity contribution >= 4 is 11.8 Å². The summed E-state index contributed by atoms with van der Waals surface area (Å²) in [7, 11) is 0. The molecule has 2 amide bonds. The summed E-state index contributed by atoms with van der Waals surface area (Å²) in [5, 5.41) is 2.68. The molecule has 0 fully saturated rings. The molecule has 0 aromatic heterocycles. The van der Waals surface area contributed by atoms with Gasteiger partial charge in [-0.3, -0.25) is 14.4 Å². The Morgan fingerprint density at radius 1 is 1.25 bits per heavy atom. The second-order valence-corrected chi connectivity index (χ2v) is 3.41. The van der Waals surface area contributed by atoms with Crippen molar-refractivity contribution in [2.24, 2.45) is 5.73 Å². The van der Waals surface area contributed by atoms with E-state index >= 15 is 0 Å². The normalized spacial score (nSPS) is 9.88. The number of hydroxylamine groups is 1. The van der Waals surface area contributed by atoms with Crippen molar-refractivity contribution in [1.82, 2.24) is 10.8 Å². The smallest absolute Gasteiger partial charge is 0.248 e. The summed E-state index contributed by atoms with van der Waals surface area (Å²) in [6.45, 7) is 2.84. The van der Waals surface area contributed by atoms with Crippen LogP contribution in [-0.4, -0.2) is 31.5 Å². The highest BCUT2D eigenvalue weighted by Crippen LogP contribution is 1.90. The van der Waals surface area contributed by atoms with Gasteiger partial charge in [-0.25, -0.2) is 5.48 Å². The maximum absolute atomic E-state index is 11.1. The molecule has 0 unspecified atom stereocenters. The average molecular weight is 231 g/mol. The number of hydrogen-bond acceptors (Lipinski definition) is 4. The predicted octanol–water partition coefficient (Wildman–Crippen LogP) is -0.311. The minimum absolute atomic E-state index is 0.164. The Hall–Kier alpha value is -1.14. The van der Waals surface area contributed by atoms with Gasteiger partial charge in [-0.1, -0.05) is 19.8 Å². The Morgan fingerprint density at radius 3 is 2.62 bits per heavy atom. The number of carbonyl (C=O) groups excluding carboxylic acids is 2. The van der Waals surface area contributed by atoms with E-state index in [1.54, 1.807) is 0 Å². The molecule has 0 radical (unpaired) electrons. The van der Waals surface area contributed by atoms with Crippen LogP contribution < -0.4 is 16.5 Å². The molecular weight excluding hydrogens is 210 g/mol. The molecule has 0 heterocycles. The second kappa shape index (κ2) is 10.4. The van der Waals surface area contributed by atoms with Crippen molar-refractivity contribution in [3.63, 3.8) is 0 Å². The monoisotopic (exact) mass is 231 g/mol. The zero-order chi connectivity index (χ0) is 12.2. The second-order valence-electron chi connectivity index (χ2n) is 3.41. The molecule has 0 aromatic carbocycles. The summed E-state index contributed by atoms with van der Waals surface area (Å²) < 4.78 is 0. The minimum Gasteiger partial charge on any atom is -0.354 e. The minimum atomic E-state index is -0.318. The highest BCUT2D eigenvalue weighted by Gasteiger charge is 2.03. The van der Waals surface area contributed by atoms with Gasteiger partial charge >= 0.3 is 0 Å². The topological polar surface area (TPSA) is 93.5 Å². The molecule has 4 N–H and O–H groups in total. The number of nitrogens with one attached hydrogen (secondary N) is 2. The lowest BCUT2D eigenvalue weighted by Gasteiger charge is -2.06. The first-order valence-electron chi connectivity index (χ1n) is 5.58. The van der Waals surface area contributed by atoms with E-state index in [9.17, 15) is 9.59 Å². The number of nitrogens with two attached hydrogens (primary N) is 1. The fourth-order valence-electron chi connectivity index (χ4n) is 1.02. The number of carbonyl (C=O) groups is 2. The molecule has 0 rings (SSSR count). The van der Waals surface area contributed by atoms with Crippen molar-refractivity contribution in [2.45, 2.75) is 32.6 Å². The summed E-state index contributed by atoms with van der Waals surface area (Å²) in [5.41, 5.74) is 7.30. The van der Waals surface area contributed by atoms with E-state index in [2.05, 4.69) is 17.7 Å². The van der Waals surface area contributed by atoms with Gasteiger partial charge in [0.1, 0.15) is 0 Å². The first kappa shape index (κ1) is 14.9. The van der Waals surface area contributed by atoms with Crippen LogP contribution in [0.15, 0.2) is 0 Å². The molecule has 0 atom stereocenters. The van der Waals surface area contributed by atoms with E-state index in [0.29, 0.717) is 6.54 Å². The summed E-state index contributed by atoms with van der Waals surface area (Å²) >= 11 is 0. The third kappa shape index (κ3) is 9.42. The molecule has 0 saturated carbocycles. The Bertz CT molecular complexity index is 209. The van der Waals surface area contributed by atoms with Crippen LogP contribution in [0, 0.1) is 0 Å². The molecule has 16 heavy (non-hydrogen) atoms. The molecule has 0 aromatic rings. The molecule has 0 bridgehead atoms. The lowest BCUT2D eigenvalue weighted by molar-refractivity contribution is -0.139. The zero-order valence-electron chi connectivity index (χ0n) is 9.75. The highest BCUT2D eigenvalue weighted by atomic mass is 16.7. The molecule has 0 saturated heterocycles. The van der Waals surface area contributed by atoms with Crippen molar-refractivity contribution in [3.05, 3.63) is 0 Å².